The Labute approximate surface area is 165 Å². The fourth-order valence-electron chi connectivity index (χ4n) is 5.04. The van der Waals surface area contributed by atoms with Crippen molar-refractivity contribution >= 4 is 23.3 Å². The Balaban J connectivity index is 1.70. The number of ether oxygens (including phenoxy) is 1. The topological polar surface area (TPSA) is 51.1 Å². The highest BCUT2D eigenvalue weighted by molar-refractivity contribution is 6.30. The SMILES string of the molecule is CCOC(=O)C1CCC2(C)C(c3ccc(Cl)cc3)=NOC2(N2CCCC2)C1. The summed E-state index contributed by atoms with van der Waals surface area (Å²) in [5.74, 6) is -0.250. The van der Waals surface area contributed by atoms with Gasteiger partial charge in [0.1, 0.15) is 0 Å². The molecule has 1 aliphatic carbocycles. The number of rotatable bonds is 4. The van der Waals surface area contributed by atoms with Crippen molar-refractivity contribution in [3.63, 3.8) is 0 Å². The molecule has 0 radical (unpaired) electrons. The molecule has 5 nitrogen and oxygen atoms in total. The van der Waals surface area contributed by atoms with Gasteiger partial charge in [0.2, 0.25) is 5.72 Å². The van der Waals surface area contributed by atoms with Gasteiger partial charge >= 0.3 is 5.97 Å². The van der Waals surface area contributed by atoms with Gasteiger partial charge in [-0.05, 0) is 51.7 Å². The van der Waals surface area contributed by atoms with Gasteiger partial charge in [0.15, 0.2) is 0 Å². The normalized spacial score (nSPS) is 33.3. The molecule has 1 saturated carbocycles. The number of carbonyl (C=O) groups is 1. The molecule has 3 aliphatic rings. The van der Waals surface area contributed by atoms with Crippen LogP contribution in [0, 0.1) is 11.3 Å². The summed E-state index contributed by atoms with van der Waals surface area (Å²) in [4.78, 5) is 21.2. The predicted octanol–water partition coefficient (Wildman–Crippen LogP) is 4.24. The van der Waals surface area contributed by atoms with Crippen LogP contribution in [-0.2, 0) is 14.4 Å². The van der Waals surface area contributed by atoms with Crippen molar-refractivity contribution in [2.45, 2.75) is 51.7 Å². The lowest BCUT2D eigenvalue weighted by molar-refractivity contribution is -0.211. The van der Waals surface area contributed by atoms with E-state index < -0.39 is 5.72 Å². The molecular weight excluding hydrogens is 364 g/mol. The van der Waals surface area contributed by atoms with Crippen LogP contribution in [0.5, 0.6) is 0 Å². The molecule has 0 bridgehead atoms. The molecule has 0 amide bonds. The van der Waals surface area contributed by atoms with Gasteiger partial charge in [-0.15, -0.1) is 0 Å². The molecule has 0 aromatic heterocycles. The van der Waals surface area contributed by atoms with Gasteiger partial charge in [-0.2, -0.15) is 0 Å². The molecule has 3 unspecified atom stereocenters. The second kappa shape index (κ2) is 7.10. The highest BCUT2D eigenvalue weighted by Crippen LogP contribution is 2.56. The molecule has 2 fully saturated rings. The summed E-state index contributed by atoms with van der Waals surface area (Å²) in [5.41, 5.74) is 1.16. The lowest BCUT2D eigenvalue weighted by Crippen LogP contribution is -2.62. The van der Waals surface area contributed by atoms with Crippen molar-refractivity contribution in [2.24, 2.45) is 16.5 Å². The monoisotopic (exact) mass is 390 g/mol. The van der Waals surface area contributed by atoms with Crippen LogP contribution in [-0.4, -0.2) is 42.0 Å². The molecular formula is C21H27ClN2O3. The van der Waals surface area contributed by atoms with Gasteiger partial charge in [0.05, 0.1) is 23.7 Å². The fourth-order valence-corrected chi connectivity index (χ4v) is 5.16. The van der Waals surface area contributed by atoms with Gasteiger partial charge in [0.25, 0.3) is 0 Å². The summed E-state index contributed by atoms with van der Waals surface area (Å²) in [6, 6.07) is 7.80. The van der Waals surface area contributed by atoms with Crippen molar-refractivity contribution < 1.29 is 14.4 Å². The quantitative estimate of drug-likeness (QED) is 0.721. The Hall–Kier alpha value is -1.59. The van der Waals surface area contributed by atoms with Crippen LogP contribution in [0.3, 0.4) is 0 Å². The third kappa shape index (κ3) is 2.95. The van der Waals surface area contributed by atoms with E-state index in [1.807, 2.05) is 31.2 Å². The number of likely N-dealkylation sites (tertiary alicyclic amines) is 1. The second-order valence-electron chi connectivity index (χ2n) is 8.04. The summed E-state index contributed by atoms with van der Waals surface area (Å²) in [6.45, 7) is 6.47. The zero-order valence-electron chi connectivity index (χ0n) is 16.0. The first kappa shape index (κ1) is 18.8. The average molecular weight is 391 g/mol. The molecule has 0 spiro atoms. The Morgan fingerprint density at radius 1 is 1.33 bits per heavy atom. The standard InChI is InChI=1S/C21H27ClN2O3/c1-3-26-19(25)16-10-11-20(2)18(15-6-8-17(22)9-7-15)23-27-21(20,14-16)24-12-4-5-13-24/h6-9,16H,3-5,10-14H2,1-2H3. The molecule has 1 aromatic carbocycles. The van der Waals surface area contributed by atoms with Gasteiger partial charge in [-0.25, -0.2) is 0 Å². The number of benzene rings is 1. The Morgan fingerprint density at radius 3 is 2.70 bits per heavy atom. The van der Waals surface area contributed by atoms with E-state index in [1.54, 1.807) is 0 Å². The molecule has 0 N–H and O–H groups in total. The maximum absolute atomic E-state index is 12.5. The molecule has 146 valence electrons. The van der Waals surface area contributed by atoms with Crippen molar-refractivity contribution in [1.29, 1.82) is 0 Å². The Morgan fingerprint density at radius 2 is 2.04 bits per heavy atom. The third-order valence-corrected chi connectivity index (χ3v) is 6.80. The van der Waals surface area contributed by atoms with Crippen LogP contribution in [0.2, 0.25) is 5.02 Å². The third-order valence-electron chi connectivity index (χ3n) is 6.54. The largest absolute Gasteiger partial charge is 0.466 e. The van der Waals surface area contributed by atoms with E-state index in [9.17, 15) is 4.79 Å². The van der Waals surface area contributed by atoms with Crippen LogP contribution in [0.25, 0.3) is 0 Å². The first-order chi connectivity index (χ1) is 13.0. The number of hydrogen-bond acceptors (Lipinski definition) is 5. The molecule has 2 aliphatic heterocycles. The van der Waals surface area contributed by atoms with E-state index in [-0.39, 0.29) is 17.3 Å². The van der Waals surface area contributed by atoms with Gasteiger partial charge in [-0.1, -0.05) is 28.9 Å². The summed E-state index contributed by atoms with van der Waals surface area (Å²) in [7, 11) is 0. The van der Waals surface area contributed by atoms with E-state index in [0.29, 0.717) is 18.1 Å². The zero-order chi connectivity index (χ0) is 19.1. The van der Waals surface area contributed by atoms with E-state index >= 15 is 0 Å². The number of hydrogen-bond donors (Lipinski definition) is 0. The highest BCUT2D eigenvalue weighted by Gasteiger charge is 2.65. The molecule has 27 heavy (non-hydrogen) atoms. The number of esters is 1. The van der Waals surface area contributed by atoms with Gasteiger partial charge < -0.3 is 9.57 Å². The van der Waals surface area contributed by atoms with E-state index in [4.69, 9.17) is 21.2 Å². The van der Waals surface area contributed by atoms with Crippen LogP contribution >= 0.6 is 11.6 Å². The lowest BCUT2D eigenvalue weighted by atomic mass is 9.61. The van der Waals surface area contributed by atoms with Crippen molar-refractivity contribution in [3.05, 3.63) is 34.9 Å². The van der Waals surface area contributed by atoms with Crippen LogP contribution in [0.15, 0.2) is 29.4 Å². The molecule has 4 rings (SSSR count). The predicted molar refractivity (Wildman–Crippen MR) is 105 cm³/mol. The molecule has 3 atom stereocenters. The number of carbonyl (C=O) groups excluding carboxylic acids is 1. The van der Waals surface area contributed by atoms with Crippen molar-refractivity contribution in [2.75, 3.05) is 19.7 Å². The molecule has 1 aromatic rings. The first-order valence-corrected chi connectivity index (χ1v) is 10.3. The summed E-state index contributed by atoms with van der Waals surface area (Å²) in [5, 5.41) is 5.30. The number of oxime groups is 1. The van der Waals surface area contributed by atoms with Crippen molar-refractivity contribution in [1.82, 2.24) is 4.90 Å². The first-order valence-electron chi connectivity index (χ1n) is 9.94. The molecule has 2 heterocycles. The molecule has 1 saturated heterocycles. The average Bonchev–Trinajstić information content (AvgIpc) is 3.29. The van der Waals surface area contributed by atoms with E-state index in [1.165, 1.54) is 0 Å². The Bertz CT molecular complexity index is 744. The van der Waals surface area contributed by atoms with Crippen LogP contribution in [0.1, 0.15) is 51.5 Å². The lowest BCUT2D eigenvalue weighted by Gasteiger charge is -2.51. The summed E-state index contributed by atoms with van der Waals surface area (Å²) < 4.78 is 5.33. The van der Waals surface area contributed by atoms with Crippen molar-refractivity contribution in [3.8, 4) is 0 Å². The number of nitrogens with zero attached hydrogens (tertiary/aromatic N) is 2. The van der Waals surface area contributed by atoms with Crippen LogP contribution in [0.4, 0.5) is 0 Å². The van der Waals surface area contributed by atoms with Gasteiger partial charge in [-0.3, -0.25) is 9.69 Å². The Kier molecular flexibility index (Phi) is 4.93. The zero-order valence-corrected chi connectivity index (χ0v) is 16.8. The number of fused-ring (bicyclic) bond motifs is 1. The smallest absolute Gasteiger partial charge is 0.309 e. The highest BCUT2D eigenvalue weighted by atomic mass is 35.5. The minimum absolute atomic E-state index is 0.110. The minimum atomic E-state index is -0.575. The fraction of sp³-hybridized carbons (Fsp3) is 0.619. The molecule has 6 heteroatoms. The second-order valence-corrected chi connectivity index (χ2v) is 8.48. The van der Waals surface area contributed by atoms with E-state index in [2.05, 4.69) is 17.0 Å². The minimum Gasteiger partial charge on any atom is -0.466 e. The van der Waals surface area contributed by atoms with Crippen LogP contribution < -0.4 is 0 Å². The maximum atomic E-state index is 12.5. The van der Waals surface area contributed by atoms with Gasteiger partial charge in [0, 0.05) is 30.1 Å². The summed E-state index contributed by atoms with van der Waals surface area (Å²) in [6.07, 6.45) is 4.57. The van der Waals surface area contributed by atoms with E-state index in [0.717, 1.165) is 50.0 Å². The summed E-state index contributed by atoms with van der Waals surface area (Å²) >= 11 is 6.07. The maximum Gasteiger partial charge on any atom is 0.309 e. The number of halogens is 1.